The van der Waals surface area contributed by atoms with Crippen LogP contribution in [0.1, 0.15) is 43.7 Å². The van der Waals surface area contributed by atoms with Crippen LogP contribution in [-0.4, -0.2) is 9.55 Å². The molecule has 0 saturated heterocycles. The lowest BCUT2D eigenvalue weighted by atomic mass is 9.95. The Kier molecular flexibility index (Phi) is 3.72. The monoisotopic (exact) mass is 273 g/mol. The number of hydrogen-bond acceptors (Lipinski definition) is 2. The summed E-state index contributed by atoms with van der Waals surface area (Å²) in [5, 5.41) is 3.33. The number of nitrogens with zero attached hydrogens (tertiary/aromatic N) is 2. The van der Waals surface area contributed by atoms with E-state index < -0.39 is 0 Å². The number of anilines is 2. The molecule has 0 unspecified atom stereocenters. The van der Waals surface area contributed by atoms with Crippen molar-refractivity contribution in [2.75, 3.05) is 5.32 Å². The number of halogens is 1. The molecule has 0 atom stereocenters. The fourth-order valence-corrected chi connectivity index (χ4v) is 2.95. The summed E-state index contributed by atoms with van der Waals surface area (Å²) < 4.78 is 15.4. The topological polar surface area (TPSA) is 29.9 Å². The number of hydrogen-bond donors (Lipinski definition) is 1. The van der Waals surface area contributed by atoms with Crippen molar-refractivity contribution in [3.63, 3.8) is 0 Å². The number of imidazole rings is 1. The van der Waals surface area contributed by atoms with Crippen molar-refractivity contribution in [1.82, 2.24) is 9.55 Å². The van der Waals surface area contributed by atoms with Crippen LogP contribution < -0.4 is 5.32 Å². The van der Waals surface area contributed by atoms with Gasteiger partial charge in [0.15, 0.2) is 0 Å². The maximum absolute atomic E-state index is 13.1. The minimum Gasteiger partial charge on any atom is -0.325 e. The molecule has 1 aliphatic rings. The molecule has 0 amide bonds. The maximum atomic E-state index is 13.1. The van der Waals surface area contributed by atoms with Gasteiger partial charge in [-0.2, -0.15) is 0 Å². The van der Waals surface area contributed by atoms with E-state index in [0.29, 0.717) is 6.04 Å². The number of aromatic nitrogens is 2. The van der Waals surface area contributed by atoms with E-state index in [1.165, 1.54) is 44.2 Å². The second-order valence-corrected chi connectivity index (χ2v) is 5.53. The molecule has 1 fully saturated rings. The molecule has 1 aromatic heterocycles. The Morgan fingerprint density at radius 3 is 2.80 bits per heavy atom. The van der Waals surface area contributed by atoms with Gasteiger partial charge in [0, 0.05) is 24.1 Å². The van der Waals surface area contributed by atoms with Crippen LogP contribution >= 0.6 is 0 Å². The normalized spacial score (nSPS) is 16.3. The molecule has 3 rings (SSSR count). The molecule has 1 saturated carbocycles. The molecule has 4 heteroatoms. The molecule has 2 aromatic rings. The van der Waals surface area contributed by atoms with E-state index >= 15 is 0 Å². The van der Waals surface area contributed by atoms with Crippen molar-refractivity contribution in [2.45, 2.75) is 45.1 Å². The molecule has 20 heavy (non-hydrogen) atoms. The van der Waals surface area contributed by atoms with Crippen LogP contribution in [0, 0.1) is 12.7 Å². The van der Waals surface area contributed by atoms with Gasteiger partial charge in [-0.3, -0.25) is 0 Å². The zero-order valence-electron chi connectivity index (χ0n) is 11.8. The summed E-state index contributed by atoms with van der Waals surface area (Å²) >= 11 is 0. The molecule has 1 heterocycles. The lowest BCUT2D eigenvalue weighted by Crippen LogP contribution is -2.14. The van der Waals surface area contributed by atoms with Crippen molar-refractivity contribution >= 4 is 11.6 Å². The summed E-state index contributed by atoms with van der Waals surface area (Å²) in [7, 11) is 0. The number of nitrogens with one attached hydrogen (secondary N) is 1. The Hall–Kier alpha value is -1.84. The van der Waals surface area contributed by atoms with Crippen LogP contribution in [0.15, 0.2) is 30.6 Å². The summed E-state index contributed by atoms with van der Waals surface area (Å²) in [6.07, 6.45) is 10.2. The molecule has 1 aromatic carbocycles. The van der Waals surface area contributed by atoms with Gasteiger partial charge in [-0.1, -0.05) is 19.3 Å². The van der Waals surface area contributed by atoms with Gasteiger partial charge in [-0.25, -0.2) is 9.37 Å². The quantitative estimate of drug-likeness (QED) is 0.887. The van der Waals surface area contributed by atoms with Crippen LogP contribution in [0.4, 0.5) is 16.0 Å². The van der Waals surface area contributed by atoms with Gasteiger partial charge in [0.2, 0.25) is 5.95 Å². The Morgan fingerprint density at radius 2 is 2.05 bits per heavy atom. The first kappa shape index (κ1) is 13.2. The molecule has 1 N–H and O–H groups in total. The average Bonchev–Trinajstić information content (AvgIpc) is 2.91. The van der Waals surface area contributed by atoms with Gasteiger partial charge in [0.05, 0.1) is 0 Å². The van der Waals surface area contributed by atoms with E-state index in [4.69, 9.17) is 0 Å². The minimum atomic E-state index is -0.205. The fourth-order valence-electron chi connectivity index (χ4n) is 2.95. The predicted molar refractivity (Wildman–Crippen MR) is 78.8 cm³/mol. The largest absolute Gasteiger partial charge is 0.325 e. The van der Waals surface area contributed by atoms with E-state index in [1.54, 1.807) is 6.07 Å². The molecular formula is C16H20FN3. The highest BCUT2D eigenvalue weighted by atomic mass is 19.1. The molecular weight excluding hydrogens is 253 g/mol. The Morgan fingerprint density at radius 1 is 1.25 bits per heavy atom. The van der Waals surface area contributed by atoms with Gasteiger partial charge in [-0.15, -0.1) is 0 Å². The fraction of sp³-hybridized carbons (Fsp3) is 0.438. The summed E-state index contributed by atoms with van der Waals surface area (Å²) in [4.78, 5) is 4.41. The molecule has 3 nitrogen and oxygen atoms in total. The summed E-state index contributed by atoms with van der Waals surface area (Å²) in [6.45, 7) is 1.90. The van der Waals surface area contributed by atoms with Crippen molar-refractivity contribution in [3.05, 3.63) is 42.0 Å². The van der Waals surface area contributed by atoms with E-state index in [1.807, 2.05) is 19.3 Å². The van der Waals surface area contributed by atoms with Crippen LogP contribution in [0.5, 0.6) is 0 Å². The first-order valence-corrected chi connectivity index (χ1v) is 7.30. The maximum Gasteiger partial charge on any atom is 0.207 e. The van der Waals surface area contributed by atoms with Gasteiger partial charge >= 0.3 is 0 Å². The van der Waals surface area contributed by atoms with E-state index in [2.05, 4.69) is 14.9 Å². The van der Waals surface area contributed by atoms with Crippen LogP contribution in [0.25, 0.3) is 0 Å². The highest BCUT2D eigenvalue weighted by molar-refractivity contribution is 5.58. The third-order valence-electron chi connectivity index (χ3n) is 4.07. The minimum absolute atomic E-state index is 0.205. The number of benzene rings is 1. The molecule has 0 spiro atoms. The lowest BCUT2D eigenvalue weighted by Gasteiger charge is -2.25. The predicted octanol–water partition coefficient (Wildman–Crippen LogP) is 4.58. The third kappa shape index (κ3) is 2.69. The summed E-state index contributed by atoms with van der Waals surface area (Å²) in [6, 6.07) is 5.32. The molecule has 106 valence electrons. The highest BCUT2D eigenvalue weighted by Gasteiger charge is 2.18. The Bertz CT molecular complexity index is 585. The van der Waals surface area contributed by atoms with Crippen LogP contribution in [0.2, 0.25) is 0 Å². The van der Waals surface area contributed by atoms with E-state index in [-0.39, 0.29) is 5.82 Å². The van der Waals surface area contributed by atoms with Crippen LogP contribution in [0.3, 0.4) is 0 Å². The third-order valence-corrected chi connectivity index (χ3v) is 4.07. The molecule has 0 bridgehead atoms. The van der Waals surface area contributed by atoms with Crippen LogP contribution in [-0.2, 0) is 0 Å². The zero-order valence-corrected chi connectivity index (χ0v) is 11.8. The van der Waals surface area contributed by atoms with Gasteiger partial charge < -0.3 is 9.88 Å². The second kappa shape index (κ2) is 5.65. The first-order valence-electron chi connectivity index (χ1n) is 7.30. The van der Waals surface area contributed by atoms with E-state index in [9.17, 15) is 4.39 Å². The molecule has 0 aliphatic heterocycles. The number of rotatable bonds is 3. The van der Waals surface area contributed by atoms with Crippen molar-refractivity contribution in [3.8, 4) is 0 Å². The van der Waals surface area contributed by atoms with Crippen molar-refractivity contribution < 1.29 is 4.39 Å². The molecule has 0 radical (unpaired) electrons. The van der Waals surface area contributed by atoms with Crippen molar-refractivity contribution in [1.29, 1.82) is 0 Å². The number of aryl methyl sites for hydroxylation is 1. The Labute approximate surface area is 118 Å². The molecule has 1 aliphatic carbocycles. The standard InChI is InChI=1S/C16H20FN3/c1-12-11-13(17)7-8-15(12)19-16-18-9-10-20(16)14-5-3-2-4-6-14/h7-11,14H,2-6H2,1H3,(H,18,19). The lowest BCUT2D eigenvalue weighted by molar-refractivity contribution is 0.356. The SMILES string of the molecule is Cc1cc(F)ccc1Nc1nccn1C1CCCCC1. The summed E-state index contributed by atoms with van der Waals surface area (Å²) in [5.41, 5.74) is 1.80. The van der Waals surface area contributed by atoms with Gasteiger partial charge in [-0.05, 0) is 43.5 Å². The second-order valence-electron chi connectivity index (χ2n) is 5.53. The highest BCUT2D eigenvalue weighted by Crippen LogP contribution is 2.31. The van der Waals surface area contributed by atoms with Gasteiger partial charge in [0.25, 0.3) is 0 Å². The van der Waals surface area contributed by atoms with Gasteiger partial charge in [0.1, 0.15) is 5.82 Å². The smallest absolute Gasteiger partial charge is 0.207 e. The van der Waals surface area contributed by atoms with E-state index in [0.717, 1.165) is 17.2 Å². The summed E-state index contributed by atoms with van der Waals surface area (Å²) in [5.74, 6) is 0.648. The zero-order chi connectivity index (χ0) is 13.9. The van der Waals surface area contributed by atoms with Crippen molar-refractivity contribution in [2.24, 2.45) is 0 Å². The Balaban J connectivity index is 1.82. The first-order chi connectivity index (χ1) is 9.74. The average molecular weight is 273 g/mol.